The normalized spacial score (nSPS) is 22.2. The van der Waals surface area contributed by atoms with Crippen LogP contribution in [0.15, 0.2) is 0 Å². The quantitative estimate of drug-likeness (QED) is 0.577. The molecule has 3 N–H and O–H groups in total. The minimum absolute atomic E-state index is 0.0423. The summed E-state index contributed by atoms with van der Waals surface area (Å²) in [6.45, 7) is 0.270. The van der Waals surface area contributed by atoms with Crippen LogP contribution < -0.4 is 11.1 Å². The summed E-state index contributed by atoms with van der Waals surface area (Å²) in [6.07, 6.45) is 0.971. The van der Waals surface area contributed by atoms with Gasteiger partial charge in [-0.15, -0.1) is 0 Å². The predicted molar refractivity (Wildman–Crippen MR) is 49.5 cm³/mol. The Hall–Kier alpha value is -1.23. The fourth-order valence-corrected chi connectivity index (χ4v) is 1.42. The van der Waals surface area contributed by atoms with Crippen LogP contribution in [0.2, 0.25) is 0 Å². The lowest BCUT2D eigenvalue weighted by molar-refractivity contribution is -0.134. The average Bonchev–Trinajstić information content (AvgIpc) is 2.10. The zero-order chi connectivity index (χ0) is 10.6. The molecule has 5 nitrogen and oxygen atoms in total. The maximum atomic E-state index is 11.3. The van der Waals surface area contributed by atoms with Gasteiger partial charge in [0.2, 0.25) is 5.91 Å². The Kier molecular flexibility index (Phi) is 3.76. The molecule has 1 atom stereocenters. The van der Waals surface area contributed by atoms with Gasteiger partial charge < -0.3 is 11.1 Å². The number of carbonyl (C=O) groups excluding carboxylic acids is 3. The highest BCUT2D eigenvalue weighted by molar-refractivity contribution is 6.05. The molecule has 1 rings (SSSR count). The fourth-order valence-electron chi connectivity index (χ4n) is 1.42. The van der Waals surface area contributed by atoms with Gasteiger partial charge in [-0.05, 0) is 6.42 Å². The first-order valence-corrected chi connectivity index (χ1v) is 4.67. The van der Waals surface area contributed by atoms with Crippen LogP contribution in [-0.4, -0.2) is 30.1 Å². The zero-order valence-corrected chi connectivity index (χ0v) is 7.91. The van der Waals surface area contributed by atoms with Gasteiger partial charge in [0, 0.05) is 19.4 Å². The molecule has 1 fully saturated rings. The summed E-state index contributed by atoms with van der Waals surface area (Å²) in [7, 11) is 0. The van der Waals surface area contributed by atoms with Crippen molar-refractivity contribution in [2.24, 2.45) is 5.73 Å². The number of hydrogen-bond donors (Lipinski definition) is 2. The van der Waals surface area contributed by atoms with Crippen LogP contribution >= 0.6 is 0 Å². The molecule has 0 heterocycles. The van der Waals surface area contributed by atoms with E-state index >= 15 is 0 Å². The van der Waals surface area contributed by atoms with E-state index in [-0.39, 0.29) is 36.9 Å². The molecular weight excluding hydrogens is 184 g/mol. The fraction of sp³-hybridized carbons (Fsp3) is 0.667. The minimum Gasteiger partial charge on any atom is -0.346 e. The first kappa shape index (κ1) is 10.8. The van der Waals surface area contributed by atoms with Gasteiger partial charge in [-0.3, -0.25) is 14.4 Å². The number of nitrogens with two attached hydrogens (primary N) is 1. The highest BCUT2D eigenvalue weighted by Crippen LogP contribution is 2.11. The van der Waals surface area contributed by atoms with Crippen LogP contribution in [0.25, 0.3) is 0 Å². The molecule has 0 saturated heterocycles. The molecule has 5 heteroatoms. The smallest absolute Gasteiger partial charge is 0.221 e. The molecule has 78 valence electrons. The van der Waals surface area contributed by atoms with E-state index < -0.39 is 6.04 Å². The van der Waals surface area contributed by atoms with Gasteiger partial charge in [-0.1, -0.05) is 0 Å². The summed E-state index contributed by atoms with van der Waals surface area (Å²) in [5.41, 5.74) is 5.19. The third-order valence-electron chi connectivity index (χ3n) is 2.18. The Morgan fingerprint density at radius 3 is 2.79 bits per heavy atom. The first-order valence-electron chi connectivity index (χ1n) is 4.67. The summed E-state index contributed by atoms with van der Waals surface area (Å²) in [5, 5.41) is 2.57. The third-order valence-corrected chi connectivity index (χ3v) is 2.18. The Labute approximate surface area is 82.0 Å². The van der Waals surface area contributed by atoms with Crippen LogP contribution in [0.1, 0.15) is 25.7 Å². The molecule has 1 aliphatic carbocycles. The van der Waals surface area contributed by atoms with Gasteiger partial charge in [0.1, 0.15) is 5.78 Å². The Morgan fingerprint density at radius 2 is 2.21 bits per heavy atom. The van der Waals surface area contributed by atoms with Crippen molar-refractivity contribution in [1.82, 2.24) is 5.32 Å². The molecule has 0 aliphatic heterocycles. The van der Waals surface area contributed by atoms with E-state index in [0.717, 1.165) is 0 Å². The van der Waals surface area contributed by atoms with Crippen molar-refractivity contribution in [2.75, 3.05) is 6.54 Å². The van der Waals surface area contributed by atoms with E-state index in [0.29, 0.717) is 12.8 Å². The predicted octanol–water partition coefficient (Wildman–Crippen LogP) is -0.858. The highest BCUT2D eigenvalue weighted by Gasteiger charge is 2.27. The number of nitrogens with one attached hydrogen (secondary N) is 1. The van der Waals surface area contributed by atoms with E-state index in [9.17, 15) is 14.4 Å². The number of ketones is 2. The summed E-state index contributed by atoms with van der Waals surface area (Å²) < 4.78 is 0. The standard InChI is InChI=1S/C9H14N2O3/c10-4-3-9(14)11-7-2-1-6(12)5-8(7)13/h7H,1-5,10H2,(H,11,14). The topological polar surface area (TPSA) is 89.3 Å². The maximum Gasteiger partial charge on any atom is 0.221 e. The van der Waals surface area contributed by atoms with Crippen molar-refractivity contribution < 1.29 is 14.4 Å². The second kappa shape index (κ2) is 4.85. The highest BCUT2D eigenvalue weighted by atomic mass is 16.2. The second-order valence-electron chi connectivity index (χ2n) is 3.38. The molecule has 1 unspecified atom stereocenters. The molecule has 1 amide bonds. The number of Topliss-reactive ketones (excluding diaryl/α,β-unsaturated/α-hetero) is 2. The van der Waals surface area contributed by atoms with E-state index in [2.05, 4.69) is 5.32 Å². The lowest BCUT2D eigenvalue weighted by Gasteiger charge is -2.20. The molecular formula is C9H14N2O3. The summed E-state index contributed by atoms with van der Waals surface area (Å²) in [6, 6.07) is -0.480. The van der Waals surface area contributed by atoms with E-state index in [4.69, 9.17) is 5.73 Å². The molecule has 14 heavy (non-hydrogen) atoms. The van der Waals surface area contributed by atoms with Crippen molar-refractivity contribution in [3.05, 3.63) is 0 Å². The van der Waals surface area contributed by atoms with Crippen LogP contribution in [0.3, 0.4) is 0 Å². The van der Waals surface area contributed by atoms with Crippen LogP contribution in [0.4, 0.5) is 0 Å². The Balaban J connectivity index is 2.41. The number of hydrogen-bond acceptors (Lipinski definition) is 4. The minimum atomic E-state index is -0.480. The van der Waals surface area contributed by atoms with Crippen molar-refractivity contribution in [2.45, 2.75) is 31.7 Å². The monoisotopic (exact) mass is 198 g/mol. The molecule has 1 aliphatic rings. The van der Waals surface area contributed by atoms with Gasteiger partial charge >= 0.3 is 0 Å². The number of rotatable bonds is 3. The van der Waals surface area contributed by atoms with E-state index in [1.807, 2.05) is 0 Å². The van der Waals surface area contributed by atoms with Crippen molar-refractivity contribution in [1.29, 1.82) is 0 Å². The van der Waals surface area contributed by atoms with Crippen molar-refractivity contribution in [3.8, 4) is 0 Å². The Bertz CT molecular complexity index is 263. The van der Waals surface area contributed by atoms with Crippen LogP contribution in [0.5, 0.6) is 0 Å². The molecule has 0 aromatic carbocycles. The number of amides is 1. The summed E-state index contributed by atoms with van der Waals surface area (Å²) in [4.78, 5) is 33.3. The Morgan fingerprint density at radius 1 is 1.50 bits per heavy atom. The number of carbonyl (C=O) groups is 3. The summed E-state index contributed by atoms with van der Waals surface area (Å²) in [5.74, 6) is -0.453. The summed E-state index contributed by atoms with van der Waals surface area (Å²) >= 11 is 0. The molecule has 0 aromatic heterocycles. The first-order chi connectivity index (χ1) is 6.63. The van der Waals surface area contributed by atoms with Crippen LogP contribution in [-0.2, 0) is 14.4 Å². The lowest BCUT2D eigenvalue weighted by Crippen LogP contribution is -2.44. The average molecular weight is 198 g/mol. The molecule has 0 bridgehead atoms. The maximum absolute atomic E-state index is 11.3. The molecule has 0 spiro atoms. The van der Waals surface area contributed by atoms with Gasteiger partial charge in [0.05, 0.1) is 12.5 Å². The molecule has 1 saturated carbocycles. The van der Waals surface area contributed by atoms with Gasteiger partial charge in [0.25, 0.3) is 0 Å². The van der Waals surface area contributed by atoms with Crippen molar-refractivity contribution >= 4 is 17.5 Å². The largest absolute Gasteiger partial charge is 0.346 e. The lowest BCUT2D eigenvalue weighted by atomic mass is 9.93. The van der Waals surface area contributed by atoms with E-state index in [1.54, 1.807) is 0 Å². The second-order valence-corrected chi connectivity index (χ2v) is 3.38. The molecule has 0 aromatic rings. The molecule has 0 radical (unpaired) electrons. The third kappa shape index (κ3) is 2.92. The SMILES string of the molecule is NCCC(=O)NC1CCC(=O)CC1=O. The zero-order valence-electron chi connectivity index (χ0n) is 7.91. The van der Waals surface area contributed by atoms with Gasteiger partial charge in [-0.25, -0.2) is 0 Å². The van der Waals surface area contributed by atoms with Gasteiger partial charge in [-0.2, -0.15) is 0 Å². The van der Waals surface area contributed by atoms with Gasteiger partial charge in [0.15, 0.2) is 5.78 Å². The van der Waals surface area contributed by atoms with Crippen LogP contribution in [0, 0.1) is 0 Å². The van der Waals surface area contributed by atoms with E-state index in [1.165, 1.54) is 0 Å². The van der Waals surface area contributed by atoms with Crippen molar-refractivity contribution in [3.63, 3.8) is 0 Å².